The Bertz CT molecular complexity index is 649. The number of nitrogens with zero attached hydrogens (tertiary/aromatic N) is 2. The molecule has 2 heterocycles. The third-order valence-corrected chi connectivity index (χ3v) is 5.51. The monoisotopic (exact) mass is 328 g/mol. The number of pyridine rings is 1. The molecule has 1 aromatic rings. The van der Waals surface area contributed by atoms with Gasteiger partial charge in [0, 0.05) is 36.9 Å². The third-order valence-electron chi connectivity index (χ3n) is 5.39. The van der Waals surface area contributed by atoms with Gasteiger partial charge in [-0.25, -0.2) is 0 Å². The number of rotatable bonds is 2. The number of alkyl halides is 3. The molecular weight excluding hydrogens is 313 g/mol. The largest absolute Gasteiger partial charge is 0.433 e. The van der Waals surface area contributed by atoms with Crippen molar-refractivity contribution in [1.82, 2.24) is 10.3 Å². The molecule has 3 fully saturated rings. The molecule has 8 heteroatoms. The highest BCUT2D eigenvalue weighted by molar-refractivity contribution is 7.80. The lowest BCUT2D eigenvalue weighted by Crippen LogP contribution is -2.54. The molecule has 0 bridgehead atoms. The molecule has 3 N–H and O–H groups in total. The van der Waals surface area contributed by atoms with Gasteiger partial charge in [0.1, 0.15) is 5.69 Å². The van der Waals surface area contributed by atoms with Crippen LogP contribution in [0.4, 0.5) is 18.9 Å². The summed E-state index contributed by atoms with van der Waals surface area (Å²) in [4.78, 5) is 5.45. The average molecular weight is 328 g/mol. The second kappa shape index (κ2) is 4.24. The topological polar surface area (TPSA) is 54.2 Å². The number of thiocarbonyl (C=S) groups is 1. The Labute approximate surface area is 130 Å². The van der Waals surface area contributed by atoms with Crippen LogP contribution < -0.4 is 16.0 Å². The maximum absolute atomic E-state index is 12.8. The lowest BCUT2D eigenvalue weighted by atomic mass is 9.71. The van der Waals surface area contributed by atoms with Gasteiger partial charge in [-0.3, -0.25) is 4.98 Å². The highest BCUT2D eigenvalue weighted by atomic mass is 32.1. The van der Waals surface area contributed by atoms with E-state index in [0.29, 0.717) is 22.6 Å². The molecule has 2 unspecified atom stereocenters. The Balaban J connectivity index is 1.54. The van der Waals surface area contributed by atoms with Crippen molar-refractivity contribution in [2.24, 2.45) is 23.0 Å². The summed E-state index contributed by atoms with van der Waals surface area (Å²) in [6.07, 6.45) is -2.08. The van der Waals surface area contributed by atoms with Crippen LogP contribution in [-0.4, -0.2) is 29.2 Å². The van der Waals surface area contributed by atoms with Crippen LogP contribution in [0, 0.1) is 17.3 Å². The SMILES string of the molecule is NC(=S)N[C@@H]1C2CC23CN(c2ccnc(C(F)(F)F)c2)C[C@@H]13. The summed E-state index contributed by atoms with van der Waals surface area (Å²) < 4.78 is 38.4. The first-order valence-corrected chi connectivity index (χ1v) is 7.56. The first-order valence-electron chi connectivity index (χ1n) is 7.15. The maximum atomic E-state index is 12.8. The van der Waals surface area contributed by atoms with E-state index in [4.69, 9.17) is 18.0 Å². The van der Waals surface area contributed by atoms with Gasteiger partial charge < -0.3 is 16.0 Å². The summed E-state index contributed by atoms with van der Waals surface area (Å²) in [6.45, 7) is 1.54. The molecule has 118 valence electrons. The molecule has 4 rings (SSSR count). The molecular formula is C14H15F3N4S. The number of halogens is 3. The number of anilines is 1. The molecule has 3 aliphatic rings. The van der Waals surface area contributed by atoms with Crippen molar-refractivity contribution in [3.05, 3.63) is 24.0 Å². The summed E-state index contributed by atoms with van der Waals surface area (Å²) in [5, 5.41) is 3.43. The van der Waals surface area contributed by atoms with E-state index >= 15 is 0 Å². The summed E-state index contributed by atoms with van der Waals surface area (Å²) in [5.74, 6) is 0.953. The highest BCUT2D eigenvalue weighted by Gasteiger charge is 2.76. The van der Waals surface area contributed by atoms with Gasteiger partial charge in [-0.15, -0.1) is 0 Å². The minimum absolute atomic E-state index is 0.254. The highest BCUT2D eigenvalue weighted by Crippen LogP contribution is 2.73. The maximum Gasteiger partial charge on any atom is 0.433 e. The molecule has 2 saturated carbocycles. The van der Waals surface area contributed by atoms with Gasteiger partial charge in [0.2, 0.25) is 0 Å². The lowest BCUT2D eigenvalue weighted by Gasteiger charge is -2.39. The van der Waals surface area contributed by atoms with Gasteiger partial charge in [0.25, 0.3) is 0 Å². The van der Waals surface area contributed by atoms with Gasteiger partial charge in [-0.2, -0.15) is 13.2 Å². The predicted molar refractivity (Wildman–Crippen MR) is 79.2 cm³/mol. The van der Waals surface area contributed by atoms with Gasteiger partial charge in [0.05, 0.1) is 0 Å². The number of hydrogen-bond donors (Lipinski definition) is 2. The summed E-state index contributed by atoms with van der Waals surface area (Å²) in [6, 6.07) is 3.05. The van der Waals surface area contributed by atoms with E-state index in [2.05, 4.69) is 10.3 Å². The first kappa shape index (κ1) is 14.0. The third kappa shape index (κ3) is 1.89. The number of nitrogens with one attached hydrogen (secondary N) is 1. The fraction of sp³-hybridized carbons (Fsp3) is 0.571. The standard InChI is InChI=1S/C14H15F3N4S/c15-14(16,17)10-3-7(1-2-19-10)21-5-9-11(20-12(18)22)8-4-13(8,9)6-21/h1-3,8-9,11H,4-6H2,(H3,18,20,22)/t8?,9-,11+,13?/m0/s1. The van der Waals surface area contributed by atoms with Gasteiger partial charge in [-0.1, -0.05) is 0 Å². The van der Waals surface area contributed by atoms with Gasteiger partial charge >= 0.3 is 6.18 Å². The van der Waals surface area contributed by atoms with Crippen molar-refractivity contribution < 1.29 is 13.2 Å². The van der Waals surface area contributed by atoms with E-state index in [1.54, 1.807) is 6.07 Å². The molecule has 1 spiro atoms. The Morgan fingerprint density at radius 3 is 2.91 bits per heavy atom. The quantitative estimate of drug-likeness (QED) is 0.810. The molecule has 0 amide bonds. The minimum Gasteiger partial charge on any atom is -0.376 e. The summed E-state index contributed by atoms with van der Waals surface area (Å²) >= 11 is 4.90. The predicted octanol–water partition coefficient (Wildman–Crippen LogP) is 1.76. The minimum atomic E-state index is -4.41. The van der Waals surface area contributed by atoms with Crippen LogP contribution in [0.1, 0.15) is 12.1 Å². The van der Waals surface area contributed by atoms with Crippen LogP contribution in [0.25, 0.3) is 0 Å². The van der Waals surface area contributed by atoms with Crippen LogP contribution in [0.5, 0.6) is 0 Å². The van der Waals surface area contributed by atoms with Crippen molar-refractivity contribution in [1.29, 1.82) is 0 Å². The van der Waals surface area contributed by atoms with E-state index in [1.165, 1.54) is 6.20 Å². The Kier molecular flexibility index (Phi) is 2.71. The molecule has 0 aromatic carbocycles. The average Bonchev–Trinajstić information content (AvgIpc) is 2.93. The van der Waals surface area contributed by atoms with Crippen molar-refractivity contribution in [3.63, 3.8) is 0 Å². The molecule has 2 aliphatic carbocycles. The summed E-state index contributed by atoms with van der Waals surface area (Å²) in [5.41, 5.74) is 5.55. The second-order valence-electron chi connectivity index (χ2n) is 6.46. The van der Waals surface area contributed by atoms with Crippen LogP contribution >= 0.6 is 12.2 Å². The van der Waals surface area contributed by atoms with Crippen LogP contribution in [0.2, 0.25) is 0 Å². The molecule has 22 heavy (non-hydrogen) atoms. The zero-order chi connectivity index (χ0) is 15.7. The molecule has 4 atom stereocenters. The van der Waals surface area contributed by atoms with E-state index < -0.39 is 11.9 Å². The van der Waals surface area contributed by atoms with Gasteiger partial charge in [-0.05, 0) is 42.1 Å². The van der Waals surface area contributed by atoms with Crippen LogP contribution in [-0.2, 0) is 6.18 Å². The molecule has 0 radical (unpaired) electrons. The Morgan fingerprint density at radius 2 is 2.23 bits per heavy atom. The van der Waals surface area contributed by atoms with E-state index in [1.807, 2.05) is 4.90 Å². The second-order valence-corrected chi connectivity index (χ2v) is 6.90. The van der Waals surface area contributed by atoms with Crippen molar-refractivity contribution in [3.8, 4) is 0 Å². The normalized spacial score (nSPS) is 35.4. The lowest BCUT2D eigenvalue weighted by molar-refractivity contribution is -0.141. The van der Waals surface area contributed by atoms with E-state index in [0.717, 1.165) is 25.6 Å². The van der Waals surface area contributed by atoms with E-state index in [-0.39, 0.29) is 11.5 Å². The molecule has 1 aliphatic heterocycles. The van der Waals surface area contributed by atoms with Crippen molar-refractivity contribution in [2.45, 2.75) is 18.6 Å². The summed E-state index contributed by atoms with van der Waals surface area (Å²) in [7, 11) is 0. The Hall–Kier alpha value is -1.57. The zero-order valence-corrected chi connectivity index (χ0v) is 12.4. The smallest absolute Gasteiger partial charge is 0.376 e. The number of aromatic nitrogens is 1. The molecule has 4 nitrogen and oxygen atoms in total. The first-order chi connectivity index (χ1) is 10.3. The fourth-order valence-corrected chi connectivity index (χ4v) is 4.50. The van der Waals surface area contributed by atoms with E-state index in [9.17, 15) is 13.2 Å². The zero-order valence-electron chi connectivity index (χ0n) is 11.6. The molecule has 1 saturated heterocycles. The van der Waals surface area contributed by atoms with Crippen molar-refractivity contribution in [2.75, 3.05) is 18.0 Å². The fourth-order valence-electron chi connectivity index (χ4n) is 4.37. The van der Waals surface area contributed by atoms with Gasteiger partial charge in [0.15, 0.2) is 5.11 Å². The number of hydrogen-bond acceptors (Lipinski definition) is 3. The van der Waals surface area contributed by atoms with Crippen LogP contribution in [0.3, 0.4) is 0 Å². The molecule has 1 aromatic heterocycles. The van der Waals surface area contributed by atoms with Crippen LogP contribution in [0.15, 0.2) is 18.3 Å². The van der Waals surface area contributed by atoms with Crippen molar-refractivity contribution >= 4 is 23.0 Å². The Morgan fingerprint density at radius 1 is 1.45 bits per heavy atom. The number of nitrogens with two attached hydrogens (primary N) is 1.